The molecule has 2 unspecified atom stereocenters. The molecule has 1 saturated carbocycles. The SMILES string of the molecule is C/C(N)=C/N(N)C1CCCC(O)C1. The lowest BCUT2D eigenvalue weighted by Gasteiger charge is -2.32. The van der Waals surface area contributed by atoms with E-state index < -0.39 is 0 Å². The molecule has 0 heterocycles. The Labute approximate surface area is 79.2 Å². The summed E-state index contributed by atoms with van der Waals surface area (Å²) in [5.74, 6) is 5.78. The maximum atomic E-state index is 9.43. The topological polar surface area (TPSA) is 75.5 Å². The van der Waals surface area contributed by atoms with Gasteiger partial charge in [-0.1, -0.05) is 0 Å². The summed E-state index contributed by atoms with van der Waals surface area (Å²) in [7, 11) is 0. The van der Waals surface area contributed by atoms with E-state index in [9.17, 15) is 5.11 Å². The number of hydrazine groups is 1. The molecule has 1 fully saturated rings. The summed E-state index contributed by atoms with van der Waals surface area (Å²) in [5, 5.41) is 11.1. The number of aliphatic hydroxyl groups excluding tert-OH is 1. The van der Waals surface area contributed by atoms with Gasteiger partial charge in [0.1, 0.15) is 0 Å². The highest BCUT2D eigenvalue weighted by molar-refractivity contribution is 4.93. The van der Waals surface area contributed by atoms with Crippen LogP contribution in [0.3, 0.4) is 0 Å². The molecule has 1 aliphatic rings. The molecule has 0 radical (unpaired) electrons. The third kappa shape index (κ3) is 3.24. The molecule has 0 spiro atoms. The maximum Gasteiger partial charge on any atom is 0.0560 e. The van der Waals surface area contributed by atoms with E-state index >= 15 is 0 Å². The van der Waals surface area contributed by atoms with Crippen molar-refractivity contribution < 1.29 is 5.11 Å². The quantitative estimate of drug-likeness (QED) is 0.427. The second-order valence-electron chi connectivity index (χ2n) is 3.79. The van der Waals surface area contributed by atoms with Gasteiger partial charge in [-0.15, -0.1) is 0 Å². The Hall–Kier alpha value is -0.740. The highest BCUT2D eigenvalue weighted by Crippen LogP contribution is 2.21. The highest BCUT2D eigenvalue weighted by Gasteiger charge is 2.22. The van der Waals surface area contributed by atoms with E-state index in [4.69, 9.17) is 11.6 Å². The van der Waals surface area contributed by atoms with Gasteiger partial charge in [-0.05, 0) is 32.6 Å². The van der Waals surface area contributed by atoms with E-state index in [-0.39, 0.29) is 12.1 Å². The number of hydrogen-bond acceptors (Lipinski definition) is 4. The van der Waals surface area contributed by atoms with Gasteiger partial charge in [0.05, 0.1) is 6.10 Å². The minimum absolute atomic E-state index is 0.198. The van der Waals surface area contributed by atoms with Crippen LogP contribution in [-0.2, 0) is 0 Å². The van der Waals surface area contributed by atoms with E-state index in [1.54, 1.807) is 18.1 Å². The van der Waals surface area contributed by atoms with Crippen molar-refractivity contribution >= 4 is 0 Å². The van der Waals surface area contributed by atoms with Crippen molar-refractivity contribution in [3.8, 4) is 0 Å². The number of allylic oxidation sites excluding steroid dienone is 1. The van der Waals surface area contributed by atoms with Crippen molar-refractivity contribution in [3.05, 3.63) is 11.9 Å². The van der Waals surface area contributed by atoms with Gasteiger partial charge in [-0.25, -0.2) is 5.84 Å². The molecule has 0 aromatic carbocycles. The second-order valence-corrected chi connectivity index (χ2v) is 3.79. The van der Waals surface area contributed by atoms with E-state index in [0.717, 1.165) is 25.7 Å². The van der Waals surface area contributed by atoms with Crippen molar-refractivity contribution in [2.45, 2.75) is 44.8 Å². The van der Waals surface area contributed by atoms with Crippen LogP contribution in [0.15, 0.2) is 11.9 Å². The number of nitrogens with zero attached hydrogens (tertiary/aromatic N) is 1. The molecule has 13 heavy (non-hydrogen) atoms. The maximum absolute atomic E-state index is 9.43. The number of aliphatic hydroxyl groups is 1. The van der Waals surface area contributed by atoms with Crippen LogP contribution in [0.4, 0.5) is 0 Å². The Kier molecular flexibility index (Phi) is 3.57. The van der Waals surface area contributed by atoms with Crippen LogP contribution in [0, 0.1) is 0 Å². The lowest BCUT2D eigenvalue weighted by atomic mass is 9.93. The molecule has 76 valence electrons. The summed E-state index contributed by atoms with van der Waals surface area (Å²) >= 11 is 0. The fourth-order valence-electron chi connectivity index (χ4n) is 1.75. The van der Waals surface area contributed by atoms with E-state index in [1.165, 1.54) is 0 Å². The monoisotopic (exact) mass is 185 g/mol. The summed E-state index contributed by atoms with van der Waals surface area (Å²) in [6, 6.07) is 0.238. The largest absolute Gasteiger partial charge is 0.401 e. The van der Waals surface area contributed by atoms with Crippen LogP contribution >= 0.6 is 0 Å². The summed E-state index contributed by atoms with van der Waals surface area (Å²) in [6.45, 7) is 1.80. The standard InChI is InChI=1S/C9H19N3O/c1-7(10)6-12(11)8-3-2-4-9(13)5-8/h6,8-9,13H,2-5,10-11H2,1H3/b7-6-. The predicted molar refractivity (Wildman–Crippen MR) is 52.2 cm³/mol. The second kappa shape index (κ2) is 4.48. The third-order valence-electron chi connectivity index (χ3n) is 2.39. The molecule has 0 saturated heterocycles. The van der Waals surface area contributed by atoms with Gasteiger partial charge in [0, 0.05) is 17.9 Å². The van der Waals surface area contributed by atoms with Gasteiger partial charge < -0.3 is 15.8 Å². The summed E-state index contributed by atoms with van der Waals surface area (Å²) in [6.07, 6.45) is 5.25. The Bertz CT molecular complexity index is 189. The molecule has 0 bridgehead atoms. The Morgan fingerprint density at radius 2 is 2.23 bits per heavy atom. The molecule has 0 aromatic rings. The van der Waals surface area contributed by atoms with Crippen LogP contribution in [-0.4, -0.2) is 22.3 Å². The van der Waals surface area contributed by atoms with Crippen LogP contribution in [0.25, 0.3) is 0 Å². The molecule has 1 aliphatic carbocycles. The van der Waals surface area contributed by atoms with Crippen LogP contribution in [0.1, 0.15) is 32.6 Å². The molecule has 4 heteroatoms. The molecule has 5 N–H and O–H groups in total. The molecule has 1 rings (SSSR count). The van der Waals surface area contributed by atoms with Crippen molar-refractivity contribution in [1.82, 2.24) is 5.01 Å². The lowest BCUT2D eigenvalue weighted by molar-refractivity contribution is 0.0802. The molecular formula is C9H19N3O. The summed E-state index contributed by atoms with van der Waals surface area (Å²) in [4.78, 5) is 0. The van der Waals surface area contributed by atoms with Crippen molar-refractivity contribution in [2.24, 2.45) is 11.6 Å². The fraction of sp³-hybridized carbons (Fsp3) is 0.778. The average Bonchev–Trinajstić information content (AvgIpc) is 2.03. The van der Waals surface area contributed by atoms with Gasteiger partial charge in [0.2, 0.25) is 0 Å². The molecule has 0 aliphatic heterocycles. The molecule has 0 aromatic heterocycles. The molecule has 4 nitrogen and oxygen atoms in total. The zero-order chi connectivity index (χ0) is 9.84. The highest BCUT2D eigenvalue weighted by atomic mass is 16.3. The number of rotatable bonds is 2. The molecular weight excluding hydrogens is 166 g/mol. The first-order valence-corrected chi connectivity index (χ1v) is 4.74. The summed E-state index contributed by atoms with van der Waals surface area (Å²) < 4.78 is 0. The Balaban J connectivity index is 2.46. The first kappa shape index (κ1) is 10.3. The summed E-state index contributed by atoms with van der Waals surface area (Å²) in [5.41, 5.74) is 6.21. The minimum Gasteiger partial charge on any atom is -0.401 e. The number of nitrogens with two attached hydrogens (primary N) is 2. The third-order valence-corrected chi connectivity index (χ3v) is 2.39. The van der Waals surface area contributed by atoms with Crippen molar-refractivity contribution in [3.63, 3.8) is 0 Å². The van der Waals surface area contributed by atoms with Crippen LogP contribution < -0.4 is 11.6 Å². The van der Waals surface area contributed by atoms with Gasteiger partial charge >= 0.3 is 0 Å². The van der Waals surface area contributed by atoms with Crippen molar-refractivity contribution in [1.29, 1.82) is 0 Å². The lowest BCUT2D eigenvalue weighted by Crippen LogP contribution is -2.41. The zero-order valence-electron chi connectivity index (χ0n) is 8.11. The fourth-order valence-corrected chi connectivity index (χ4v) is 1.75. The van der Waals surface area contributed by atoms with Gasteiger partial charge in [0.25, 0.3) is 0 Å². The smallest absolute Gasteiger partial charge is 0.0560 e. The zero-order valence-corrected chi connectivity index (χ0v) is 8.11. The van der Waals surface area contributed by atoms with E-state index in [0.29, 0.717) is 5.70 Å². The van der Waals surface area contributed by atoms with Gasteiger partial charge in [0.15, 0.2) is 0 Å². The Morgan fingerprint density at radius 3 is 2.77 bits per heavy atom. The van der Waals surface area contributed by atoms with Gasteiger partial charge in [-0.3, -0.25) is 0 Å². The molecule has 2 atom stereocenters. The molecule has 0 amide bonds. The number of hydrogen-bond donors (Lipinski definition) is 3. The normalized spacial score (nSPS) is 30.2. The van der Waals surface area contributed by atoms with E-state index in [1.807, 2.05) is 0 Å². The average molecular weight is 185 g/mol. The van der Waals surface area contributed by atoms with Gasteiger partial charge in [-0.2, -0.15) is 0 Å². The van der Waals surface area contributed by atoms with Crippen molar-refractivity contribution in [2.75, 3.05) is 0 Å². The Morgan fingerprint density at radius 1 is 1.54 bits per heavy atom. The first-order valence-electron chi connectivity index (χ1n) is 4.74. The first-order chi connectivity index (χ1) is 6.09. The minimum atomic E-state index is -0.198. The van der Waals surface area contributed by atoms with Crippen LogP contribution in [0.2, 0.25) is 0 Å². The van der Waals surface area contributed by atoms with E-state index in [2.05, 4.69) is 0 Å². The predicted octanol–water partition coefficient (Wildman–Crippen LogP) is 0.286. The van der Waals surface area contributed by atoms with Crippen LogP contribution in [0.5, 0.6) is 0 Å².